The summed E-state index contributed by atoms with van der Waals surface area (Å²) >= 11 is 1.75. The lowest BCUT2D eigenvalue weighted by Gasteiger charge is -2.15. The molecule has 1 atom stereocenters. The van der Waals surface area contributed by atoms with Crippen LogP contribution in [0.4, 0.5) is 0 Å². The van der Waals surface area contributed by atoms with E-state index in [1.807, 2.05) is 6.26 Å². The average Bonchev–Trinajstić information content (AvgIpc) is 2.56. The monoisotopic (exact) mass is 367 g/mol. The number of thioether (sulfide) groups is 1. The fourth-order valence-corrected chi connectivity index (χ4v) is 2.87. The molecule has 144 valence electrons. The molecule has 0 fully saturated rings. The highest BCUT2D eigenvalue weighted by molar-refractivity contribution is 7.98. The first-order valence-corrected chi connectivity index (χ1v) is 10.5. The first kappa shape index (κ1) is 24.0. The molecule has 0 saturated carbocycles. The molecular formula is C21H37NO2S. The SMILES string of the molecule is COC(=O)C(CCSC)NCC=C(C)CCC=C(C)CCC=C(C)C. The van der Waals surface area contributed by atoms with E-state index >= 15 is 0 Å². The summed E-state index contributed by atoms with van der Waals surface area (Å²) in [7, 11) is 1.45. The standard InChI is InChI=1S/C21H37NO2S/c1-17(2)9-7-10-18(3)11-8-12-19(4)13-15-22-20(14-16-25-6)21(23)24-5/h9,11,13,20,22H,7-8,10,12,14-16H2,1-6H3. The van der Waals surface area contributed by atoms with E-state index in [1.165, 1.54) is 23.8 Å². The highest BCUT2D eigenvalue weighted by Gasteiger charge is 2.16. The van der Waals surface area contributed by atoms with Gasteiger partial charge in [-0.3, -0.25) is 4.79 Å². The van der Waals surface area contributed by atoms with Crippen LogP contribution in [0.15, 0.2) is 34.9 Å². The molecule has 0 rings (SSSR count). The van der Waals surface area contributed by atoms with Gasteiger partial charge in [0.05, 0.1) is 7.11 Å². The number of nitrogens with one attached hydrogen (secondary N) is 1. The molecular weight excluding hydrogens is 330 g/mol. The van der Waals surface area contributed by atoms with Crippen LogP contribution in [0.3, 0.4) is 0 Å². The third-order valence-electron chi connectivity index (χ3n) is 4.03. The van der Waals surface area contributed by atoms with Crippen molar-refractivity contribution in [1.29, 1.82) is 0 Å². The highest BCUT2D eigenvalue weighted by atomic mass is 32.2. The lowest BCUT2D eigenvalue weighted by Crippen LogP contribution is -2.38. The van der Waals surface area contributed by atoms with Gasteiger partial charge in [0, 0.05) is 6.54 Å². The Morgan fingerprint density at radius 1 is 1.04 bits per heavy atom. The minimum atomic E-state index is -0.210. The molecule has 25 heavy (non-hydrogen) atoms. The number of rotatable bonds is 13. The molecule has 0 aromatic carbocycles. The van der Waals surface area contributed by atoms with Gasteiger partial charge in [-0.2, -0.15) is 11.8 Å². The fraction of sp³-hybridized carbons (Fsp3) is 0.667. The number of carbonyl (C=O) groups is 1. The summed E-state index contributed by atoms with van der Waals surface area (Å²) in [6.45, 7) is 9.37. The Bertz CT molecular complexity index is 463. The van der Waals surface area contributed by atoms with Gasteiger partial charge in [-0.1, -0.05) is 34.9 Å². The molecule has 1 N–H and O–H groups in total. The largest absolute Gasteiger partial charge is 0.468 e. The second-order valence-corrected chi connectivity index (χ2v) is 7.71. The molecule has 0 bridgehead atoms. The van der Waals surface area contributed by atoms with Crippen molar-refractivity contribution in [3.05, 3.63) is 34.9 Å². The number of allylic oxidation sites excluding steroid dienone is 5. The normalized spacial score (nSPS) is 13.5. The maximum Gasteiger partial charge on any atom is 0.322 e. The molecule has 0 aromatic heterocycles. The third kappa shape index (κ3) is 13.9. The number of hydrogen-bond donors (Lipinski definition) is 1. The minimum absolute atomic E-state index is 0.171. The van der Waals surface area contributed by atoms with Gasteiger partial charge in [0.15, 0.2) is 0 Å². The molecule has 0 spiro atoms. The van der Waals surface area contributed by atoms with E-state index < -0.39 is 0 Å². The maximum absolute atomic E-state index is 11.7. The topological polar surface area (TPSA) is 38.3 Å². The van der Waals surface area contributed by atoms with Crippen LogP contribution in [0.25, 0.3) is 0 Å². The van der Waals surface area contributed by atoms with Crippen LogP contribution < -0.4 is 5.32 Å². The van der Waals surface area contributed by atoms with Gasteiger partial charge in [-0.15, -0.1) is 0 Å². The number of ether oxygens (including phenoxy) is 1. The Kier molecular flexibility index (Phi) is 14.7. The summed E-state index contributed by atoms with van der Waals surface area (Å²) in [5.74, 6) is 0.779. The van der Waals surface area contributed by atoms with Crippen molar-refractivity contribution in [2.24, 2.45) is 0 Å². The van der Waals surface area contributed by atoms with E-state index in [1.54, 1.807) is 11.8 Å². The van der Waals surface area contributed by atoms with Crippen molar-refractivity contribution < 1.29 is 9.53 Å². The van der Waals surface area contributed by atoms with E-state index in [9.17, 15) is 4.79 Å². The second-order valence-electron chi connectivity index (χ2n) is 6.73. The molecule has 4 heteroatoms. The van der Waals surface area contributed by atoms with Crippen LogP contribution >= 0.6 is 11.8 Å². The van der Waals surface area contributed by atoms with E-state index in [0.717, 1.165) is 37.9 Å². The van der Waals surface area contributed by atoms with Crippen molar-refractivity contribution in [2.75, 3.05) is 25.7 Å². The van der Waals surface area contributed by atoms with Crippen molar-refractivity contribution in [3.8, 4) is 0 Å². The van der Waals surface area contributed by atoms with Crippen molar-refractivity contribution in [3.63, 3.8) is 0 Å². The fourth-order valence-electron chi connectivity index (χ4n) is 2.40. The van der Waals surface area contributed by atoms with Crippen molar-refractivity contribution in [1.82, 2.24) is 5.32 Å². The summed E-state index contributed by atoms with van der Waals surface area (Å²) < 4.78 is 4.86. The quantitative estimate of drug-likeness (QED) is 0.354. The van der Waals surface area contributed by atoms with Crippen LogP contribution in [-0.2, 0) is 9.53 Å². The Hall–Kier alpha value is -1.00. The summed E-state index contributed by atoms with van der Waals surface area (Å²) in [5, 5.41) is 3.29. The molecule has 0 radical (unpaired) electrons. The average molecular weight is 368 g/mol. The summed E-state index contributed by atoms with van der Waals surface area (Å²) in [6.07, 6.45) is 14.1. The second kappa shape index (κ2) is 15.3. The van der Waals surface area contributed by atoms with Gasteiger partial charge >= 0.3 is 5.97 Å². The highest BCUT2D eigenvalue weighted by Crippen LogP contribution is 2.11. The zero-order valence-corrected chi connectivity index (χ0v) is 17.8. The molecule has 0 amide bonds. The molecule has 1 unspecified atom stereocenters. The molecule has 0 aliphatic heterocycles. The van der Waals surface area contributed by atoms with Gasteiger partial charge < -0.3 is 10.1 Å². The predicted octanol–water partition coefficient (Wildman–Crippen LogP) is 5.29. The lowest BCUT2D eigenvalue weighted by molar-refractivity contribution is -0.143. The van der Waals surface area contributed by atoms with Gasteiger partial charge in [-0.05, 0) is 71.8 Å². The van der Waals surface area contributed by atoms with Gasteiger partial charge in [0.1, 0.15) is 6.04 Å². The van der Waals surface area contributed by atoms with E-state index in [4.69, 9.17) is 4.74 Å². The van der Waals surface area contributed by atoms with Gasteiger partial charge in [0.2, 0.25) is 0 Å². The first-order chi connectivity index (χ1) is 11.9. The number of methoxy groups -OCH3 is 1. The summed E-state index contributed by atoms with van der Waals surface area (Å²) in [4.78, 5) is 11.7. The molecule has 3 nitrogen and oxygen atoms in total. The number of hydrogen-bond acceptors (Lipinski definition) is 4. The van der Waals surface area contributed by atoms with E-state index in [0.29, 0.717) is 6.54 Å². The van der Waals surface area contributed by atoms with Crippen LogP contribution in [0.1, 0.15) is 59.8 Å². The van der Waals surface area contributed by atoms with Gasteiger partial charge in [-0.25, -0.2) is 0 Å². The molecule has 0 aliphatic rings. The maximum atomic E-state index is 11.7. The zero-order valence-electron chi connectivity index (χ0n) is 17.0. The Labute approximate surface area is 159 Å². The number of esters is 1. The minimum Gasteiger partial charge on any atom is -0.468 e. The molecule has 0 aromatic rings. The Morgan fingerprint density at radius 2 is 1.64 bits per heavy atom. The molecule has 0 aliphatic carbocycles. The van der Waals surface area contributed by atoms with Crippen LogP contribution in [0.5, 0.6) is 0 Å². The van der Waals surface area contributed by atoms with E-state index in [-0.39, 0.29) is 12.0 Å². The van der Waals surface area contributed by atoms with Crippen molar-refractivity contribution in [2.45, 2.75) is 65.8 Å². The predicted molar refractivity (Wildman–Crippen MR) is 112 cm³/mol. The first-order valence-electron chi connectivity index (χ1n) is 9.15. The summed E-state index contributed by atoms with van der Waals surface area (Å²) in [6, 6.07) is -0.210. The Balaban J connectivity index is 4.18. The zero-order chi connectivity index (χ0) is 19.1. The molecule has 0 heterocycles. The lowest BCUT2D eigenvalue weighted by atomic mass is 10.1. The number of carbonyl (C=O) groups excluding carboxylic acids is 1. The smallest absolute Gasteiger partial charge is 0.322 e. The van der Waals surface area contributed by atoms with Crippen LogP contribution in [-0.4, -0.2) is 37.7 Å². The summed E-state index contributed by atoms with van der Waals surface area (Å²) in [5.41, 5.74) is 4.21. The molecule has 0 saturated heterocycles. The third-order valence-corrected chi connectivity index (χ3v) is 4.68. The van der Waals surface area contributed by atoms with Crippen LogP contribution in [0, 0.1) is 0 Å². The van der Waals surface area contributed by atoms with Gasteiger partial charge in [0.25, 0.3) is 0 Å². The van der Waals surface area contributed by atoms with Crippen LogP contribution in [0.2, 0.25) is 0 Å². The van der Waals surface area contributed by atoms with Crippen molar-refractivity contribution >= 4 is 17.7 Å². The Morgan fingerprint density at radius 3 is 2.20 bits per heavy atom. The van der Waals surface area contributed by atoms with E-state index in [2.05, 4.69) is 51.2 Å².